The summed E-state index contributed by atoms with van der Waals surface area (Å²) in [4.78, 5) is 26.1. The van der Waals surface area contributed by atoms with Crippen molar-refractivity contribution in [3.63, 3.8) is 0 Å². The highest BCUT2D eigenvalue weighted by molar-refractivity contribution is 6.41. The van der Waals surface area contributed by atoms with E-state index in [4.69, 9.17) is 10.0 Å². The van der Waals surface area contributed by atoms with Gasteiger partial charge in [0.2, 0.25) is 11.8 Å². The minimum Gasteiger partial charge on any atom is -0.426 e. The highest BCUT2D eigenvalue weighted by atomic mass is 16.4. The van der Waals surface area contributed by atoms with Crippen LogP contribution in [0.1, 0.15) is 29.5 Å². The Morgan fingerprint density at radius 3 is 2.76 bits per heavy atom. The highest BCUT2D eigenvalue weighted by Gasteiger charge is 2.33. The standard InChI is InChI=1S/C17H26BN3O4/c1-12-5-6-14(13(2)8-12)9-19-10-16(22)21-7-3-4-15(21)17(23)20-11-18(24)25/h5-6,8,15,19,24-25H,3-4,7,9-11H2,1-2H3,(H,20,23). The molecule has 2 rings (SSSR count). The van der Waals surface area contributed by atoms with Crippen molar-refractivity contribution in [2.24, 2.45) is 0 Å². The van der Waals surface area contributed by atoms with E-state index in [1.165, 1.54) is 11.1 Å². The van der Waals surface area contributed by atoms with Crippen molar-refractivity contribution in [2.75, 3.05) is 19.5 Å². The van der Waals surface area contributed by atoms with Crippen molar-refractivity contribution in [1.82, 2.24) is 15.5 Å². The van der Waals surface area contributed by atoms with Gasteiger partial charge in [0.05, 0.1) is 13.0 Å². The van der Waals surface area contributed by atoms with Gasteiger partial charge in [-0.1, -0.05) is 23.8 Å². The average Bonchev–Trinajstić information content (AvgIpc) is 3.04. The third-order valence-electron chi connectivity index (χ3n) is 4.42. The van der Waals surface area contributed by atoms with E-state index >= 15 is 0 Å². The van der Waals surface area contributed by atoms with Crippen LogP contribution in [0.4, 0.5) is 0 Å². The topological polar surface area (TPSA) is 102 Å². The van der Waals surface area contributed by atoms with Crippen LogP contribution < -0.4 is 10.6 Å². The van der Waals surface area contributed by atoms with E-state index in [0.717, 1.165) is 12.0 Å². The van der Waals surface area contributed by atoms with E-state index in [1.807, 2.05) is 19.9 Å². The van der Waals surface area contributed by atoms with E-state index < -0.39 is 13.2 Å². The Hall–Kier alpha value is -1.90. The molecule has 1 heterocycles. The van der Waals surface area contributed by atoms with E-state index in [2.05, 4.69) is 22.8 Å². The summed E-state index contributed by atoms with van der Waals surface area (Å²) >= 11 is 0. The van der Waals surface area contributed by atoms with Crippen molar-refractivity contribution in [2.45, 2.75) is 39.3 Å². The molecule has 4 N–H and O–H groups in total. The van der Waals surface area contributed by atoms with Crippen LogP contribution in [0.5, 0.6) is 0 Å². The molecule has 25 heavy (non-hydrogen) atoms. The van der Waals surface area contributed by atoms with Gasteiger partial charge in [0, 0.05) is 13.1 Å². The molecular weight excluding hydrogens is 321 g/mol. The van der Waals surface area contributed by atoms with Gasteiger partial charge in [0.15, 0.2) is 0 Å². The van der Waals surface area contributed by atoms with Crippen LogP contribution in [-0.4, -0.2) is 59.5 Å². The van der Waals surface area contributed by atoms with Crippen molar-refractivity contribution >= 4 is 18.9 Å². The monoisotopic (exact) mass is 347 g/mol. The molecule has 0 spiro atoms. The first kappa shape index (κ1) is 19.4. The van der Waals surface area contributed by atoms with Crippen molar-refractivity contribution in [3.8, 4) is 0 Å². The third kappa shape index (κ3) is 5.56. The van der Waals surface area contributed by atoms with Crippen LogP contribution in [0.2, 0.25) is 0 Å². The first-order chi connectivity index (χ1) is 11.9. The maximum Gasteiger partial charge on any atom is 0.472 e. The predicted octanol–water partition coefficient (Wildman–Crippen LogP) is -0.488. The van der Waals surface area contributed by atoms with Crippen LogP contribution >= 0.6 is 0 Å². The van der Waals surface area contributed by atoms with Crippen molar-refractivity contribution < 1.29 is 19.6 Å². The van der Waals surface area contributed by atoms with Gasteiger partial charge in [-0.05, 0) is 37.8 Å². The van der Waals surface area contributed by atoms with Crippen LogP contribution in [0.25, 0.3) is 0 Å². The Morgan fingerprint density at radius 2 is 2.08 bits per heavy atom. The lowest BCUT2D eigenvalue weighted by molar-refractivity contribution is -0.137. The smallest absolute Gasteiger partial charge is 0.426 e. The number of carbonyl (C=O) groups excluding carboxylic acids is 2. The number of hydrogen-bond acceptors (Lipinski definition) is 5. The molecule has 1 aromatic rings. The molecule has 0 radical (unpaired) electrons. The second-order valence-corrected chi connectivity index (χ2v) is 6.50. The maximum atomic E-state index is 12.4. The molecule has 1 saturated heterocycles. The lowest BCUT2D eigenvalue weighted by Gasteiger charge is -2.24. The number of amides is 2. The van der Waals surface area contributed by atoms with Crippen molar-refractivity contribution in [1.29, 1.82) is 0 Å². The number of benzene rings is 1. The van der Waals surface area contributed by atoms with Gasteiger partial charge in [-0.15, -0.1) is 0 Å². The van der Waals surface area contributed by atoms with Crippen LogP contribution in [0.15, 0.2) is 18.2 Å². The molecular formula is C17H26BN3O4. The zero-order valence-electron chi connectivity index (χ0n) is 14.8. The van der Waals surface area contributed by atoms with E-state index in [1.54, 1.807) is 4.90 Å². The highest BCUT2D eigenvalue weighted by Crippen LogP contribution is 2.17. The largest absolute Gasteiger partial charge is 0.472 e. The molecule has 136 valence electrons. The summed E-state index contributed by atoms with van der Waals surface area (Å²) in [6.07, 6.45) is 1.13. The van der Waals surface area contributed by atoms with Gasteiger partial charge in [0.1, 0.15) is 6.04 Å². The molecule has 1 aromatic carbocycles. The van der Waals surface area contributed by atoms with E-state index in [-0.39, 0.29) is 24.8 Å². The fourth-order valence-electron chi connectivity index (χ4n) is 3.10. The van der Waals surface area contributed by atoms with Crippen LogP contribution in [0, 0.1) is 13.8 Å². The molecule has 0 bridgehead atoms. The van der Waals surface area contributed by atoms with Gasteiger partial charge >= 0.3 is 7.12 Å². The minimum atomic E-state index is -1.59. The number of nitrogens with one attached hydrogen (secondary N) is 2. The van der Waals surface area contributed by atoms with Gasteiger partial charge in [-0.25, -0.2) is 0 Å². The van der Waals surface area contributed by atoms with Crippen molar-refractivity contribution in [3.05, 3.63) is 34.9 Å². The van der Waals surface area contributed by atoms with Gasteiger partial charge in [-0.2, -0.15) is 0 Å². The van der Waals surface area contributed by atoms with Crippen LogP contribution in [0.3, 0.4) is 0 Å². The van der Waals surface area contributed by atoms with Crippen LogP contribution in [-0.2, 0) is 16.1 Å². The first-order valence-electron chi connectivity index (χ1n) is 8.58. The first-order valence-corrected chi connectivity index (χ1v) is 8.58. The van der Waals surface area contributed by atoms with E-state index in [9.17, 15) is 9.59 Å². The average molecular weight is 347 g/mol. The second-order valence-electron chi connectivity index (χ2n) is 6.50. The summed E-state index contributed by atoms with van der Waals surface area (Å²) in [7, 11) is -1.59. The summed E-state index contributed by atoms with van der Waals surface area (Å²) in [5.41, 5.74) is 3.53. The quantitative estimate of drug-likeness (QED) is 0.499. The SMILES string of the molecule is Cc1ccc(CNCC(=O)N2CCCC2C(=O)NCB(O)O)c(C)c1. The second kappa shape index (κ2) is 8.98. The van der Waals surface area contributed by atoms with Gasteiger partial charge in [-0.3, -0.25) is 9.59 Å². The van der Waals surface area contributed by atoms with Gasteiger partial charge in [0.25, 0.3) is 0 Å². The number of nitrogens with zero attached hydrogens (tertiary/aromatic N) is 1. The number of carbonyl (C=O) groups is 2. The molecule has 8 heteroatoms. The molecule has 1 fully saturated rings. The Balaban J connectivity index is 1.83. The zero-order chi connectivity index (χ0) is 18.4. The Labute approximate surface area is 148 Å². The van der Waals surface area contributed by atoms with Gasteiger partial charge < -0.3 is 25.6 Å². The molecule has 1 atom stereocenters. The fourth-order valence-corrected chi connectivity index (χ4v) is 3.10. The summed E-state index contributed by atoms with van der Waals surface area (Å²) in [5, 5.41) is 23.3. The number of likely N-dealkylation sites (tertiary alicyclic amines) is 1. The zero-order valence-corrected chi connectivity index (χ0v) is 14.8. The maximum absolute atomic E-state index is 12.4. The number of rotatable bonds is 7. The molecule has 0 saturated carbocycles. The molecule has 0 aliphatic carbocycles. The number of hydrogen-bond donors (Lipinski definition) is 4. The third-order valence-corrected chi connectivity index (χ3v) is 4.42. The molecule has 2 amide bonds. The molecule has 1 aliphatic rings. The lowest BCUT2D eigenvalue weighted by atomic mass is 9.92. The summed E-state index contributed by atoms with van der Waals surface area (Å²) in [6, 6.07) is 5.67. The summed E-state index contributed by atoms with van der Waals surface area (Å²) in [5.74, 6) is -0.458. The number of aryl methyl sites for hydroxylation is 2. The fraction of sp³-hybridized carbons (Fsp3) is 0.529. The Morgan fingerprint density at radius 1 is 1.32 bits per heavy atom. The summed E-state index contributed by atoms with van der Waals surface area (Å²) < 4.78 is 0. The molecule has 1 unspecified atom stereocenters. The molecule has 1 aliphatic heterocycles. The normalized spacial score (nSPS) is 16.8. The summed E-state index contributed by atoms with van der Waals surface area (Å²) in [6.45, 7) is 5.40. The lowest BCUT2D eigenvalue weighted by Crippen LogP contribution is -2.50. The Bertz CT molecular complexity index is 624. The minimum absolute atomic E-state index is 0.119. The van der Waals surface area contributed by atoms with E-state index in [0.29, 0.717) is 19.5 Å². The predicted molar refractivity (Wildman–Crippen MR) is 95.6 cm³/mol. The Kier molecular flexibility index (Phi) is 6.98. The molecule has 7 nitrogen and oxygen atoms in total. The molecule has 0 aromatic heterocycles.